The number of pyridine rings is 1. The van der Waals surface area contributed by atoms with E-state index < -0.39 is 0 Å². The van der Waals surface area contributed by atoms with Crippen LogP contribution in [0.15, 0.2) is 18.3 Å². The van der Waals surface area contributed by atoms with Crippen LogP contribution in [0.5, 0.6) is 0 Å². The predicted molar refractivity (Wildman–Crippen MR) is 65.7 cm³/mol. The number of carbonyl (C=O) groups is 1. The zero-order valence-electron chi connectivity index (χ0n) is 9.66. The Labute approximate surface area is 101 Å². The molecule has 1 heterocycles. The molecule has 0 unspecified atom stereocenters. The van der Waals surface area contributed by atoms with Gasteiger partial charge in [0.15, 0.2) is 0 Å². The van der Waals surface area contributed by atoms with Crippen molar-refractivity contribution in [1.29, 1.82) is 0 Å². The number of carbonyl (C=O) groups excluding carboxylic acids is 1. The van der Waals surface area contributed by atoms with E-state index in [-0.39, 0.29) is 5.91 Å². The molecule has 1 amide bonds. The minimum atomic E-state index is -0.158. The van der Waals surface area contributed by atoms with Crippen molar-refractivity contribution in [2.24, 2.45) is 5.92 Å². The van der Waals surface area contributed by atoms with E-state index >= 15 is 0 Å². The Morgan fingerprint density at radius 3 is 2.75 bits per heavy atom. The maximum absolute atomic E-state index is 11.7. The van der Waals surface area contributed by atoms with Gasteiger partial charge < -0.3 is 5.32 Å². The lowest BCUT2D eigenvalue weighted by Gasteiger charge is -2.12. The fourth-order valence-corrected chi connectivity index (χ4v) is 1.59. The number of hydrogen-bond donors (Lipinski definition) is 1. The number of aromatic nitrogens is 1. The lowest BCUT2D eigenvalue weighted by Crippen LogP contribution is -2.29. The summed E-state index contributed by atoms with van der Waals surface area (Å²) in [5, 5.41) is 3.40. The van der Waals surface area contributed by atoms with Crippen LogP contribution in [0.1, 0.15) is 37.2 Å². The first-order valence-electron chi connectivity index (χ1n) is 5.57. The van der Waals surface area contributed by atoms with Crippen LogP contribution in [0.25, 0.3) is 0 Å². The summed E-state index contributed by atoms with van der Waals surface area (Å²) in [6.45, 7) is 4.94. The van der Waals surface area contributed by atoms with Crippen molar-refractivity contribution in [3.63, 3.8) is 0 Å². The van der Waals surface area contributed by atoms with Crippen molar-refractivity contribution >= 4 is 17.5 Å². The van der Waals surface area contributed by atoms with Crippen LogP contribution in [0.2, 0.25) is 5.02 Å². The quantitative estimate of drug-likeness (QED) is 0.860. The van der Waals surface area contributed by atoms with Crippen LogP contribution >= 0.6 is 11.6 Å². The van der Waals surface area contributed by atoms with Crippen LogP contribution in [-0.2, 0) is 0 Å². The molecule has 1 rings (SSSR count). The van der Waals surface area contributed by atoms with Crippen molar-refractivity contribution in [2.45, 2.75) is 26.7 Å². The van der Waals surface area contributed by atoms with Crippen LogP contribution in [0.4, 0.5) is 0 Å². The first kappa shape index (κ1) is 13.0. The molecule has 1 N–H and O–H groups in total. The second-order valence-corrected chi connectivity index (χ2v) is 4.19. The normalized spacial score (nSPS) is 10.5. The summed E-state index contributed by atoms with van der Waals surface area (Å²) in [7, 11) is 0. The molecule has 0 aliphatic heterocycles. The Morgan fingerprint density at radius 2 is 2.19 bits per heavy atom. The van der Waals surface area contributed by atoms with Gasteiger partial charge in [-0.25, -0.2) is 0 Å². The third-order valence-corrected chi connectivity index (χ3v) is 2.90. The molecule has 0 aliphatic rings. The summed E-state index contributed by atoms with van der Waals surface area (Å²) >= 11 is 5.79. The van der Waals surface area contributed by atoms with Crippen molar-refractivity contribution in [2.75, 3.05) is 6.54 Å². The number of halogens is 1. The average molecular weight is 241 g/mol. The van der Waals surface area contributed by atoms with Gasteiger partial charge in [-0.15, -0.1) is 0 Å². The van der Waals surface area contributed by atoms with Crippen molar-refractivity contribution in [3.8, 4) is 0 Å². The second kappa shape index (κ2) is 6.48. The van der Waals surface area contributed by atoms with E-state index in [1.165, 1.54) is 6.20 Å². The highest BCUT2D eigenvalue weighted by Crippen LogP contribution is 2.09. The van der Waals surface area contributed by atoms with Crippen LogP contribution in [-0.4, -0.2) is 17.4 Å². The first-order chi connectivity index (χ1) is 7.67. The number of hydrogen-bond acceptors (Lipinski definition) is 2. The molecule has 0 radical (unpaired) electrons. The van der Waals surface area contributed by atoms with Gasteiger partial charge in [-0.2, -0.15) is 0 Å². The van der Waals surface area contributed by atoms with Crippen molar-refractivity contribution in [1.82, 2.24) is 10.3 Å². The topological polar surface area (TPSA) is 42.0 Å². The van der Waals surface area contributed by atoms with Gasteiger partial charge in [-0.1, -0.05) is 38.3 Å². The Kier molecular flexibility index (Phi) is 5.26. The molecular formula is C12H17ClN2O. The molecule has 1 aromatic rings. The number of amides is 1. The van der Waals surface area contributed by atoms with Crippen LogP contribution < -0.4 is 5.32 Å². The first-order valence-corrected chi connectivity index (χ1v) is 5.94. The summed E-state index contributed by atoms with van der Waals surface area (Å²) in [4.78, 5) is 15.7. The van der Waals surface area contributed by atoms with Crippen molar-refractivity contribution < 1.29 is 4.79 Å². The Bertz CT molecular complexity index is 351. The van der Waals surface area contributed by atoms with E-state index in [4.69, 9.17) is 11.6 Å². The Hall–Kier alpha value is -1.09. The molecule has 16 heavy (non-hydrogen) atoms. The zero-order valence-corrected chi connectivity index (χ0v) is 10.4. The highest BCUT2D eigenvalue weighted by atomic mass is 35.5. The molecule has 0 aliphatic carbocycles. The van der Waals surface area contributed by atoms with E-state index in [0.717, 1.165) is 12.8 Å². The van der Waals surface area contributed by atoms with E-state index in [0.29, 0.717) is 23.2 Å². The standard InChI is InChI=1S/C12H17ClN2O/c1-3-9(4-2)8-15-12(16)11-7-10(13)5-6-14-11/h5-7,9H,3-4,8H2,1-2H3,(H,15,16). The van der Waals surface area contributed by atoms with E-state index in [9.17, 15) is 4.79 Å². The van der Waals surface area contributed by atoms with Gasteiger partial charge >= 0.3 is 0 Å². The van der Waals surface area contributed by atoms with Gasteiger partial charge in [0.1, 0.15) is 5.69 Å². The van der Waals surface area contributed by atoms with Gasteiger partial charge in [-0.3, -0.25) is 9.78 Å². The fraction of sp³-hybridized carbons (Fsp3) is 0.500. The molecule has 0 saturated carbocycles. The minimum absolute atomic E-state index is 0.158. The summed E-state index contributed by atoms with van der Waals surface area (Å²) in [5.41, 5.74) is 0.374. The molecule has 1 aromatic heterocycles. The maximum atomic E-state index is 11.7. The Morgan fingerprint density at radius 1 is 1.50 bits per heavy atom. The van der Waals surface area contributed by atoms with Gasteiger partial charge in [0.2, 0.25) is 0 Å². The van der Waals surface area contributed by atoms with E-state index in [1.54, 1.807) is 12.1 Å². The molecule has 0 spiro atoms. The second-order valence-electron chi connectivity index (χ2n) is 3.75. The summed E-state index contributed by atoms with van der Waals surface area (Å²) in [5.74, 6) is 0.373. The molecule has 0 fully saturated rings. The summed E-state index contributed by atoms with van der Waals surface area (Å²) in [6.07, 6.45) is 3.67. The molecule has 0 aromatic carbocycles. The molecule has 0 bridgehead atoms. The molecule has 3 nitrogen and oxygen atoms in total. The lowest BCUT2D eigenvalue weighted by molar-refractivity contribution is 0.0941. The molecule has 0 atom stereocenters. The molecule has 88 valence electrons. The van der Waals surface area contributed by atoms with Crippen LogP contribution in [0, 0.1) is 5.92 Å². The molecule has 4 heteroatoms. The monoisotopic (exact) mass is 240 g/mol. The number of nitrogens with one attached hydrogen (secondary N) is 1. The number of rotatable bonds is 5. The maximum Gasteiger partial charge on any atom is 0.269 e. The number of nitrogens with zero attached hydrogens (tertiary/aromatic N) is 1. The van der Waals surface area contributed by atoms with Gasteiger partial charge in [0.05, 0.1) is 0 Å². The molecular weight excluding hydrogens is 224 g/mol. The highest BCUT2D eigenvalue weighted by Gasteiger charge is 2.09. The Balaban J connectivity index is 2.52. The third kappa shape index (κ3) is 3.81. The third-order valence-electron chi connectivity index (χ3n) is 2.66. The smallest absolute Gasteiger partial charge is 0.269 e. The van der Waals surface area contributed by atoms with E-state index in [2.05, 4.69) is 24.1 Å². The van der Waals surface area contributed by atoms with Gasteiger partial charge in [0.25, 0.3) is 5.91 Å². The van der Waals surface area contributed by atoms with Gasteiger partial charge in [-0.05, 0) is 18.1 Å². The largest absolute Gasteiger partial charge is 0.350 e. The van der Waals surface area contributed by atoms with Crippen LogP contribution in [0.3, 0.4) is 0 Å². The summed E-state index contributed by atoms with van der Waals surface area (Å²) < 4.78 is 0. The molecule has 0 saturated heterocycles. The summed E-state index contributed by atoms with van der Waals surface area (Å²) in [6, 6.07) is 3.23. The minimum Gasteiger partial charge on any atom is -0.350 e. The SMILES string of the molecule is CCC(CC)CNC(=O)c1cc(Cl)ccn1. The van der Waals surface area contributed by atoms with Gasteiger partial charge in [0, 0.05) is 17.8 Å². The lowest BCUT2D eigenvalue weighted by atomic mass is 10.0. The predicted octanol–water partition coefficient (Wildman–Crippen LogP) is 2.90. The highest BCUT2D eigenvalue weighted by molar-refractivity contribution is 6.30. The van der Waals surface area contributed by atoms with Crippen molar-refractivity contribution in [3.05, 3.63) is 29.0 Å². The average Bonchev–Trinajstić information content (AvgIpc) is 2.30. The fourth-order valence-electron chi connectivity index (χ4n) is 1.43. The van der Waals surface area contributed by atoms with E-state index in [1.807, 2.05) is 0 Å². The zero-order chi connectivity index (χ0) is 12.0.